The van der Waals surface area contributed by atoms with Gasteiger partial charge in [-0.1, -0.05) is 45.9 Å². The van der Waals surface area contributed by atoms with Gasteiger partial charge in [0.1, 0.15) is 6.61 Å². The van der Waals surface area contributed by atoms with E-state index in [1.807, 2.05) is 58.2 Å². The minimum absolute atomic E-state index is 0.0457. The van der Waals surface area contributed by atoms with Gasteiger partial charge < -0.3 is 15.0 Å². The number of ether oxygens (including phenoxy) is 1. The zero-order chi connectivity index (χ0) is 29.6. The molecular weight excluding hydrogens is 554 g/mol. The molecule has 2 aliphatic rings. The molecule has 0 fully saturated rings. The Morgan fingerprint density at radius 2 is 1.88 bits per heavy atom. The summed E-state index contributed by atoms with van der Waals surface area (Å²) in [6.07, 6.45) is 4.44. The quantitative estimate of drug-likeness (QED) is 0.112. The number of fused-ring (bicyclic) bond motifs is 5. The van der Waals surface area contributed by atoms with Crippen molar-refractivity contribution in [3.8, 4) is 11.4 Å². The van der Waals surface area contributed by atoms with E-state index in [4.69, 9.17) is 19.6 Å². The number of nitrogens with two attached hydrogens (primary N) is 1. The number of hydrazone groups is 1. The Kier molecular flexibility index (Phi) is 10.3. The number of nitrogens with zero attached hydrogens (tertiary/aromatic N) is 4. The second-order valence-corrected chi connectivity index (χ2v) is 10.8. The highest BCUT2D eigenvalue weighted by molar-refractivity contribution is 7.96. The highest BCUT2D eigenvalue weighted by Gasteiger charge is 2.33. The molecule has 216 valence electrons. The first kappa shape index (κ1) is 31.1. The number of benzene rings is 1. The Morgan fingerprint density at radius 3 is 2.55 bits per heavy atom. The molecule has 0 atom stereocenters. The Bertz CT molecular complexity index is 1600. The number of esters is 1. The van der Waals surface area contributed by atoms with Crippen LogP contribution in [0.5, 0.6) is 0 Å². The van der Waals surface area contributed by atoms with Crippen LogP contribution in [0.2, 0.25) is 0 Å². The second kappa shape index (κ2) is 13.3. The van der Waals surface area contributed by atoms with E-state index in [1.165, 1.54) is 11.9 Å². The van der Waals surface area contributed by atoms with Crippen molar-refractivity contribution in [2.75, 3.05) is 31.4 Å². The van der Waals surface area contributed by atoms with Crippen LogP contribution in [0.3, 0.4) is 0 Å². The molecule has 40 heavy (non-hydrogen) atoms. The van der Waals surface area contributed by atoms with Crippen LogP contribution >= 0.6 is 11.9 Å². The lowest BCUT2D eigenvalue weighted by atomic mass is 9.98. The van der Waals surface area contributed by atoms with Crippen LogP contribution in [-0.2, 0) is 43.4 Å². The van der Waals surface area contributed by atoms with Gasteiger partial charge in [0.25, 0.3) is 15.7 Å². The summed E-state index contributed by atoms with van der Waals surface area (Å²) < 4.78 is 35.7. The molecule has 0 saturated carbocycles. The normalized spacial score (nSPS) is 13.4. The third-order valence-corrected chi connectivity index (χ3v) is 7.39. The zero-order valence-electron chi connectivity index (χ0n) is 23.6. The predicted octanol–water partition coefficient (Wildman–Crippen LogP) is 3.55. The number of para-hydroxylation sites is 1. The first-order valence-corrected chi connectivity index (χ1v) is 16.0. The van der Waals surface area contributed by atoms with E-state index in [-0.39, 0.29) is 38.3 Å². The predicted molar refractivity (Wildman–Crippen MR) is 160 cm³/mol. The standard InChI is InChI=1S/C23H23N5O6S2.2C2H6/c1-35-28(7-8-34-36(2,31)32)25-10-15-13-5-3-4-6-18(13)26-21-16(15)11-27-22(21)20(24)14-9-19(29)33-12-17(14)23(27)30;2*1-2/h3-6,10H,7-9,11-12,24H2,1-2H3;2*1-2H3/b25-10+;;. The van der Waals surface area contributed by atoms with E-state index >= 15 is 0 Å². The van der Waals surface area contributed by atoms with Crippen LogP contribution in [-0.4, -0.2) is 60.2 Å². The summed E-state index contributed by atoms with van der Waals surface area (Å²) >= 11 is 1.31. The molecule has 0 aliphatic carbocycles. The number of hydrogen-bond donors (Lipinski definition) is 1. The molecule has 0 spiro atoms. The number of carbonyl (C=O) groups excluding carboxylic acids is 1. The van der Waals surface area contributed by atoms with Crippen molar-refractivity contribution < 1.29 is 22.1 Å². The molecule has 0 radical (unpaired) electrons. The number of nitrogen functional groups attached to an aromatic ring is 1. The van der Waals surface area contributed by atoms with E-state index in [1.54, 1.807) is 15.2 Å². The van der Waals surface area contributed by atoms with Crippen molar-refractivity contribution in [2.45, 2.75) is 47.3 Å². The molecule has 0 amide bonds. The maximum Gasteiger partial charge on any atom is 0.310 e. The topological polar surface area (TPSA) is 146 Å². The van der Waals surface area contributed by atoms with E-state index in [0.717, 1.165) is 22.8 Å². The van der Waals surface area contributed by atoms with E-state index in [2.05, 4.69) is 5.10 Å². The molecule has 2 N–H and O–H groups in total. The van der Waals surface area contributed by atoms with Gasteiger partial charge in [-0.05, 0) is 18.0 Å². The molecule has 11 nitrogen and oxygen atoms in total. The van der Waals surface area contributed by atoms with Crippen molar-refractivity contribution in [1.82, 2.24) is 14.0 Å². The van der Waals surface area contributed by atoms with Gasteiger partial charge in [-0.2, -0.15) is 13.5 Å². The first-order valence-electron chi connectivity index (χ1n) is 13.0. The minimum Gasteiger partial charge on any atom is -0.460 e. The molecular formula is C27H35N5O6S2. The fourth-order valence-electron chi connectivity index (χ4n) is 4.47. The van der Waals surface area contributed by atoms with Crippen molar-refractivity contribution in [3.05, 3.63) is 56.9 Å². The van der Waals surface area contributed by atoms with E-state index in [0.29, 0.717) is 33.7 Å². The van der Waals surface area contributed by atoms with Gasteiger partial charge in [0, 0.05) is 28.3 Å². The number of aromatic nitrogens is 2. The third kappa shape index (κ3) is 6.31. The lowest BCUT2D eigenvalue weighted by molar-refractivity contribution is -0.145. The highest BCUT2D eigenvalue weighted by atomic mass is 32.2. The van der Waals surface area contributed by atoms with Crippen LogP contribution in [0.25, 0.3) is 22.3 Å². The molecule has 0 saturated heterocycles. The summed E-state index contributed by atoms with van der Waals surface area (Å²) in [6.45, 7) is 8.33. The highest BCUT2D eigenvalue weighted by Crippen LogP contribution is 2.40. The monoisotopic (exact) mass is 589 g/mol. The molecule has 2 aromatic heterocycles. The van der Waals surface area contributed by atoms with Crippen LogP contribution in [0.4, 0.5) is 5.69 Å². The maximum atomic E-state index is 13.3. The van der Waals surface area contributed by atoms with Crippen LogP contribution < -0.4 is 11.3 Å². The number of cyclic esters (lactones) is 1. The van der Waals surface area contributed by atoms with E-state index in [9.17, 15) is 18.0 Å². The molecule has 4 heterocycles. The summed E-state index contributed by atoms with van der Waals surface area (Å²) in [5.41, 5.74) is 10.8. The Hall–Kier alpha value is -3.42. The number of carbonyl (C=O) groups is 1. The summed E-state index contributed by atoms with van der Waals surface area (Å²) in [4.78, 5) is 30.1. The van der Waals surface area contributed by atoms with Gasteiger partial charge >= 0.3 is 5.97 Å². The van der Waals surface area contributed by atoms with Gasteiger partial charge in [-0.3, -0.25) is 13.8 Å². The zero-order valence-corrected chi connectivity index (χ0v) is 25.2. The fourth-order valence-corrected chi connectivity index (χ4v) is 5.25. The smallest absolute Gasteiger partial charge is 0.310 e. The van der Waals surface area contributed by atoms with Crippen molar-refractivity contribution in [2.24, 2.45) is 5.10 Å². The van der Waals surface area contributed by atoms with Gasteiger partial charge in [-0.25, -0.2) is 9.40 Å². The van der Waals surface area contributed by atoms with Crippen molar-refractivity contribution >= 4 is 50.8 Å². The maximum absolute atomic E-state index is 13.3. The number of hydrogen-bond acceptors (Lipinski definition) is 11. The molecule has 2 aliphatic heterocycles. The lowest BCUT2D eigenvalue weighted by Gasteiger charge is -2.20. The molecule has 1 aromatic carbocycles. The van der Waals surface area contributed by atoms with E-state index < -0.39 is 16.1 Å². The van der Waals surface area contributed by atoms with Crippen molar-refractivity contribution in [1.29, 1.82) is 0 Å². The first-order chi connectivity index (χ1) is 19.2. The van der Waals surface area contributed by atoms with Crippen molar-refractivity contribution in [3.63, 3.8) is 0 Å². The fraction of sp³-hybridized carbons (Fsp3) is 0.407. The molecule has 13 heteroatoms. The lowest BCUT2D eigenvalue weighted by Crippen LogP contribution is -2.31. The number of rotatable bonds is 7. The minimum atomic E-state index is -3.55. The van der Waals surface area contributed by atoms with Crippen LogP contribution in [0.15, 0.2) is 34.2 Å². The van der Waals surface area contributed by atoms with Gasteiger partial charge in [-0.15, -0.1) is 0 Å². The number of anilines is 1. The molecule has 3 aromatic rings. The Morgan fingerprint density at radius 1 is 1.18 bits per heavy atom. The third-order valence-electron chi connectivity index (χ3n) is 6.10. The average molecular weight is 590 g/mol. The Balaban J connectivity index is 0.00000106. The Labute approximate surface area is 238 Å². The summed E-state index contributed by atoms with van der Waals surface area (Å²) in [5.74, 6) is -0.423. The number of pyridine rings is 2. The van der Waals surface area contributed by atoms with Gasteiger partial charge in [0.05, 0.1) is 66.7 Å². The molecule has 0 unspecified atom stereocenters. The summed E-state index contributed by atoms with van der Waals surface area (Å²) in [5, 5.41) is 5.38. The van der Waals surface area contributed by atoms with Crippen LogP contribution in [0, 0.1) is 0 Å². The average Bonchev–Trinajstić information content (AvgIpc) is 3.34. The van der Waals surface area contributed by atoms with Gasteiger partial charge in [0.15, 0.2) is 0 Å². The summed E-state index contributed by atoms with van der Waals surface area (Å²) in [6, 6.07) is 7.55. The van der Waals surface area contributed by atoms with Gasteiger partial charge in [0.2, 0.25) is 0 Å². The second-order valence-electron chi connectivity index (χ2n) is 8.35. The largest absolute Gasteiger partial charge is 0.460 e. The van der Waals surface area contributed by atoms with Crippen LogP contribution in [0.1, 0.15) is 49.9 Å². The molecule has 5 rings (SSSR count). The SMILES string of the molecule is CC.CC.CSN(CCOS(C)(=O)=O)/N=C/c1c2c(nc3ccccc13)-c1c(N)c3c(c(=O)n1C2)COC(=O)C3. The molecule has 0 bridgehead atoms. The summed E-state index contributed by atoms with van der Waals surface area (Å²) in [7, 11) is -3.55.